The van der Waals surface area contributed by atoms with Gasteiger partial charge in [-0.05, 0) is 37.9 Å². The molecule has 1 aromatic heterocycles. The fraction of sp³-hybridized carbons (Fsp3) is 0.438. The fourth-order valence-electron chi connectivity index (χ4n) is 2.31. The third-order valence-corrected chi connectivity index (χ3v) is 4.11. The molecule has 0 aliphatic carbocycles. The highest BCUT2D eigenvalue weighted by atomic mass is 32.1. The lowest BCUT2D eigenvalue weighted by atomic mass is 9.94. The molecule has 1 heterocycles. The molecule has 2 nitrogen and oxygen atoms in total. The van der Waals surface area contributed by atoms with E-state index in [1.54, 1.807) is 17.4 Å². The summed E-state index contributed by atoms with van der Waals surface area (Å²) in [6.07, 6.45) is 1.86. The van der Waals surface area contributed by atoms with Gasteiger partial charge in [-0.3, -0.25) is 0 Å². The Morgan fingerprint density at radius 1 is 1.35 bits per heavy atom. The van der Waals surface area contributed by atoms with Gasteiger partial charge in [0.15, 0.2) is 0 Å². The first-order chi connectivity index (χ1) is 9.70. The number of benzene rings is 1. The molecule has 0 bridgehead atoms. The standard InChI is InChI=1S/C16H21FN2S/c1-3-8-18-10-13(9-14-11-20-12(2)19-14)15-6-4-5-7-16(15)17/h4-7,11,13,18H,3,8-10H2,1-2H3. The Bertz CT molecular complexity index is 539. The summed E-state index contributed by atoms with van der Waals surface area (Å²) >= 11 is 1.65. The van der Waals surface area contributed by atoms with E-state index in [4.69, 9.17) is 0 Å². The quantitative estimate of drug-likeness (QED) is 0.782. The molecule has 0 spiro atoms. The largest absolute Gasteiger partial charge is 0.316 e. The zero-order chi connectivity index (χ0) is 14.4. The summed E-state index contributed by atoms with van der Waals surface area (Å²) in [5.74, 6) is 0.00648. The molecular formula is C16H21FN2S. The molecule has 1 aromatic carbocycles. The summed E-state index contributed by atoms with van der Waals surface area (Å²) in [5.41, 5.74) is 1.83. The van der Waals surface area contributed by atoms with Crippen LogP contribution >= 0.6 is 11.3 Å². The number of halogens is 1. The van der Waals surface area contributed by atoms with Crippen molar-refractivity contribution in [1.29, 1.82) is 0 Å². The highest BCUT2D eigenvalue weighted by Gasteiger charge is 2.17. The molecule has 20 heavy (non-hydrogen) atoms. The van der Waals surface area contributed by atoms with E-state index in [0.29, 0.717) is 0 Å². The number of nitrogens with zero attached hydrogens (tertiary/aromatic N) is 1. The Morgan fingerprint density at radius 2 is 2.15 bits per heavy atom. The first-order valence-corrected chi connectivity index (χ1v) is 7.94. The topological polar surface area (TPSA) is 24.9 Å². The van der Waals surface area contributed by atoms with Gasteiger partial charge in [0.2, 0.25) is 0 Å². The van der Waals surface area contributed by atoms with Crippen LogP contribution in [0.3, 0.4) is 0 Å². The predicted octanol–water partition coefficient (Wildman–Crippen LogP) is 3.92. The van der Waals surface area contributed by atoms with Crippen molar-refractivity contribution in [2.75, 3.05) is 13.1 Å². The summed E-state index contributed by atoms with van der Waals surface area (Å²) in [6, 6.07) is 7.06. The van der Waals surface area contributed by atoms with Gasteiger partial charge in [-0.25, -0.2) is 9.37 Å². The summed E-state index contributed by atoms with van der Waals surface area (Å²) in [4.78, 5) is 4.50. The SMILES string of the molecule is CCCNCC(Cc1csc(C)n1)c1ccccc1F. The summed E-state index contributed by atoms with van der Waals surface area (Å²) < 4.78 is 14.0. The Morgan fingerprint density at radius 3 is 2.80 bits per heavy atom. The average molecular weight is 292 g/mol. The summed E-state index contributed by atoms with van der Waals surface area (Å²) in [6.45, 7) is 5.88. The van der Waals surface area contributed by atoms with Gasteiger partial charge in [0, 0.05) is 17.8 Å². The number of aryl methyl sites for hydroxylation is 1. The van der Waals surface area contributed by atoms with Crippen molar-refractivity contribution in [2.24, 2.45) is 0 Å². The van der Waals surface area contributed by atoms with Crippen LogP contribution in [0.2, 0.25) is 0 Å². The van der Waals surface area contributed by atoms with Crippen LogP contribution in [-0.4, -0.2) is 18.1 Å². The highest BCUT2D eigenvalue weighted by molar-refractivity contribution is 7.09. The van der Waals surface area contributed by atoms with Gasteiger partial charge in [-0.2, -0.15) is 0 Å². The number of aromatic nitrogens is 1. The molecule has 1 atom stereocenters. The van der Waals surface area contributed by atoms with Gasteiger partial charge < -0.3 is 5.32 Å². The second-order valence-electron chi connectivity index (χ2n) is 4.98. The van der Waals surface area contributed by atoms with Crippen LogP contribution in [0.1, 0.15) is 35.5 Å². The third-order valence-electron chi connectivity index (χ3n) is 3.28. The Kier molecular flexibility index (Phi) is 5.68. The first kappa shape index (κ1) is 15.1. The number of rotatable bonds is 7. The van der Waals surface area contributed by atoms with Gasteiger partial charge in [-0.1, -0.05) is 25.1 Å². The maximum absolute atomic E-state index is 14.0. The van der Waals surface area contributed by atoms with E-state index in [1.807, 2.05) is 19.1 Å². The van der Waals surface area contributed by atoms with Gasteiger partial charge >= 0.3 is 0 Å². The van der Waals surface area contributed by atoms with E-state index in [-0.39, 0.29) is 11.7 Å². The lowest BCUT2D eigenvalue weighted by Crippen LogP contribution is -2.24. The van der Waals surface area contributed by atoms with E-state index < -0.39 is 0 Å². The number of nitrogens with one attached hydrogen (secondary N) is 1. The first-order valence-electron chi connectivity index (χ1n) is 7.06. The molecule has 1 unspecified atom stereocenters. The molecule has 0 aliphatic heterocycles. The molecule has 2 aromatic rings. The molecule has 108 valence electrons. The van der Waals surface area contributed by atoms with E-state index >= 15 is 0 Å². The van der Waals surface area contributed by atoms with Gasteiger partial charge in [-0.15, -0.1) is 11.3 Å². The number of thiazole rings is 1. The van der Waals surface area contributed by atoms with Crippen molar-refractivity contribution in [2.45, 2.75) is 32.6 Å². The minimum absolute atomic E-state index is 0.122. The Hall–Kier alpha value is -1.26. The van der Waals surface area contributed by atoms with Crippen LogP contribution in [0, 0.1) is 12.7 Å². The lowest BCUT2D eigenvalue weighted by molar-refractivity contribution is 0.534. The lowest BCUT2D eigenvalue weighted by Gasteiger charge is -2.18. The Balaban J connectivity index is 2.13. The normalized spacial score (nSPS) is 12.6. The van der Waals surface area contributed by atoms with Crippen molar-refractivity contribution in [1.82, 2.24) is 10.3 Å². The number of hydrogen-bond acceptors (Lipinski definition) is 3. The van der Waals surface area contributed by atoms with Crippen molar-refractivity contribution >= 4 is 11.3 Å². The van der Waals surface area contributed by atoms with Crippen LogP contribution in [0.25, 0.3) is 0 Å². The molecule has 0 saturated heterocycles. The zero-order valence-electron chi connectivity index (χ0n) is 12.0. The molecule has 0 aliphatic rings. The van der Waals surface area contributed by atoms with Crippen LogP contribution < -0.4 is 5.32 Å². The van der Waals surface area contributed by atoms with Crippen LogP contribution in [0.4, 0.5) is 4.39 Å². The molecule has 0 radical (unpaired) electrons. The van der Waals surface area contributed by atoms with E-state index in [0.717, 1.165) is 42.2 Å². The van der Waals surface area contributed by atoms with E-state index in [1.165, 1.54) is 6.07 Å². The summed E-state index contributed by atoms with van der Waals surface area (Å²) in [7, 11) is 0. The maximum Gasteiger partial charge on any atom is 0.126 e. The van der Waals surface area contributed by atoms with E-state index in [9.17, 15) is 4.39 Å². The van der Waals surface area contributed by atoms with Crippen LogP contribution in [-0.2, 0) is 6.42 Å². The molecule has 0 fully saturated rings. The molecule has 1 N–H and O–H groups in total. The monoisotopic (exact) mass is 292 g/mol. The third kappa shape index (κ3) is 4.12. The van der Waals surface area contributed by atoms with Crippen molar-refractivity contribution in [3.63, 3.8) is 0 Å². The predicted molar refractivity (Wildman–Crippen MR) is 82.9 cm³/mol. The average Bonchev–Trinajstić information content (AvgIpc) is 2.84. The van der Waals surface area contributed by atoms with Crippen molar-refractivity contribution < 1.29 is 4.39 Å². The second kappa shape index (κ2) is 7.50. The van der Waals surface area contributed by atoms with E-state index in [2.05, 4.69) is 22.6 Å². The van der Waals surface area contributed by atoms with Gasteiger partial charge in [0.25, 0.3) is 0 Å². The fourth-order valence-corrected chi connectivity index (χ4v) is 2.93. The summed E-state index contributed by atoms with van der Waals surface area (Å²) in [5, 5.41) is 6.53. The molecule has 0 amide bonds. The van der Waals surface area contributed by atoms with Gasteiger partial charge in [0.05, 0.1) is 10.7 Å². The smallest absolute Gasteiger partial charge is 0.126 e. The number of hydrogen-bond donors (Lipinski definition) is 1. The minimum Gasteiger partial charge on any atom is -0.316 e. The molecule has 0 saturated carbocycles. The molecular weight excluding hydrogens is 271 g/mol. The van der Waals surface area contributed by atoms with Gasteiger partial charge in [0.1, 0.15) is 5.82 Å². The van der Waals surface area contributed by atoms with Crippen molar-refractivity contribution in [3.05, 3.63) is 51.7 Å². The minimum atomic E-state index is -0.122. The van der Waals surface area contributed by atoms with Crippen molar-refractivity contribution in [3.8, 4) is 0 Å². The van der Waals surface area contributed by atoms with Crippen LogP contribution in [0.15, 0.2) is 29.6 Å². The zero-order valence-corrected chi connectivity index (χ0v) is 12.8. The second-order valence-corrected chi connectivity index (χ2v) is 6.05. The molecule has 2 rings (SSSR count). The maximum atomic E-state index is 14.0. The highest BCUT2D eigenvalue weighted by Crippen LogP contribution is 2.23. The van der Waals surface area contributed by atoms with Crippen LogP contribution in [0.5, 0.6) is 0 Å². The molecule has 4 heteroatoms. The Labute approximate surface area is 124 Å².